The molecule has 7 heteroatoms. The SMILES string of the molecule is COc1ccccc1CCN1CCN(C(=O)Nc2ccc3c(c2)OCO3)CC1. The Morgan fingerprint density at radius 2 is 1.86 bits per heavy atom. The second-order valence-corrected chi connectivity index (χ2v) is 6.89. The maximum absolute atomic E-state index is 12.5. The van der Waals surface area contributed by atoms with Crippen LogP contribution in [0.25, 0.3) is 0 Å². The van der Waals surface area contributed by atoms with Crippen LogP contribution in [0.3, 0.4) is 0 Å². The topological polar surface area (TPSA) is 63.3 Å². The number of para-hydroxylation sites is 1. The minimum absolute atomic E-state index is 0.0803. The van der Waals surface area contributed by atoms with Crippen molar-refractivity contribution in [3.8, 4) is 17.2 Å². The fourth-order valence-electron chi connectivity index (χ4n) is 3.54. The summed E-state index contributed by atoms with van der Waals surface area (Å²) in [5, 5.41) is 2.95. The van der Waals surface area contributed by atoms with Crippen LogP contribution < -0.4 is 19.5 Å². The lowest BCUT2D eigenvalue weighted by molar-refractivity contribution is 0.148. The molecule has 0 unspecified atom stereocenters. The Kier molecular flexibility index (Phi) is 5.53. The van der Waals surface area contributed by atoms with E-state index in [9.17, 15) is 4.79 Å². The van der Waals surface area contributed by atoms with Crippen molar-refractivity contribution in [2.45, 2.75) is 6.42 Å². The molecule has 1 N–H and O–H groups in total. The number of urea groups is 1. The zero-order chi connectivity index (χ0) is 19.3. The van der Waals surface area contributed by atoms with Crippen molar-refractivity contribution in [1.29, 1.82) is 0 Å². The van der Waals surface area contributed by atoms with Gasteiger partial charge in [-0.15, -0.1) is 0 Å². The number of nitrogens with one attached hydrogen (secondary N) is 1. The lowest BCUT2D eigenvalue weighted by atomic mass is 10.1. The van der Waals surface area contributed by atoms with Gasteiger partial charge in [0.2, 0.25) is 6.79 Å². The fraction of sp³-hybridized carbons (Fsp3) is 0.381. The minimum Gasteiger partial charge on any atom is -0.496 e. The lowest BCUT2D eigenvalue weighted by Gasteiger charge is -2.34. The first kappa shape index (κ1) is 18.4. The van der Waals surface area contributed by atoms with Gasteiger partial charge in [-0.1, -0.05) is 18.2 Å². The van der Waals surface area contributed by atoms with Crippen molar-refractivity contribution in [2.75, 3.05) is 51.9 Å². The normalized spacial score (nSPS) is 16.1. The van der Waals surface area contributed by atoms with Crippen LogP contribution in [0.5, 0.6) is 17.2 Å². The molecule has 2 aromatic rings. The molecule has 0 radical (unpaired) electrons. The Hall–Kier alpha value is -2.93. The molecule has 7 nitrogen and oxygen atoms in total. The molecule has 4 rings (SSSR count). The number of hydrogen-bond acceptors (Lipinski definition) is 5. The molecule has 0 saturated carbocycles. The summed E-state index contributed by atoms with van der Waals surface area (Å²) >= 11 is 0. The van der Waals surface area contributed by atoms with Gasteiger partial charge in [0.15, 0.2) is 11.5 Å². The molecule has 1 saturated heterocycles. The number of ether oxygens (including phenoxy) is 3. The molecule has 2 aliphatic rings. The van der Waals surface area contributed by atoms with Crippen molar-refractivity contribution >= 4 is 11.7 Å². The number of carbonyl (C=O) groups excluding carboxylic acids is 1. The maximum atomic E-state index is 12.5. The van der Waals surface area contributed by atoms with E-state index in [-0.39, 0.29) is 12.8 Å². The van der Waals surface area contributed by atoms with Gasteiger partial charge in [0.05, 0.1) is 7.11 Å². The van der Waals surface area contributed by atoms with Gasteiger partial charge in [0.1, 0.15) is 5.75 Å². The summed E-state index contributed by atoms with van der Waals surface area (Å²) in [6.45, 7) is 4.33. The molecule has 148 valence electrons. The van der Waals surface area contributed by atoms with Crippen LogP contribution in [0, 0.1) is 0 Å². The predicted octanol–water partition coefficient (Wildman–Crippen LogP) is 2.82. The predicted molar refractivity (Wildman–Crippen MR) is 106 cm³/mol. The van der Waals surface area contributed by atoms with Crippen LogP contribution in [0.15, 0.2) is 42.5 Å². The van der Waals surface area contributed by atoms with Crippen LogP contribution in [-0.4, -0.2) is 62.5 Å². The highest BCUT2D eigenvalue weighted by atomic mass is 16.7. The molecule has 0 bridgehead atoms. The van der Waals surface area contributed by atoms with Crippen molar-refractivity contribution in [1.82, 2.24) is 9.80 Å². The number of nitrogens with zero attached hydrogens (tertiary/aromatic N) is 2. The zero-order valence-corrected chi connectivity index (χ0v) is 16.0. The highest BCUT2D eigenvalue weighted by molar-refractivity contribution is 5.89. The van der Waals surface area contributed by atoms with Gasteiger partial charge in [0, 0.05) is 44.5 Å². The molecule has 0 aliphatic carbocycles. The van der Waals surface area contributed by atoms with Gasteiger partial charge in [0.25, 0.3) is 0 Å². The highest BCUT2D eigenvalue weighted by Crippen LogP contribution is 2.34. The number of fused-ring (bicyclic) bond motifs is 1. The van der Waals surface area contributed by atoms with E-state index >= 15 is 0 Å². The summed E-state index contributed by atoms with van der Waals surface area (Å²) in [5.41, 5.74) is 1.93. The standard InChI is InChI=1S/C21H25N3O4/c1-26-18-5-3-2-4-16(18)8-9-23-10-12-24(13-11-23)21(25)22-17-6-7-19-20(14-17)28-15-27-19/h2-7,14H,8-13,15H2,1H3,(H,22,25). The summed E-state index contributed by atoms with van der Waals surface area (Å²) in [7, 11) is 1.70. The Morgan fingerprint density at radius 3 is 2.68 bits per heavy atom. The molecule has 0 spiro atoms. The molecule has 1 fully saturated rings. The number of rotatable bonds is 5. The second-order valence-electron chi connectivity index (χ2n) is 6.89. The summed E-state index contributed by atoms with van der Waals surface area (Å²) in [6.07, 6.45) is 0.938. The lowest BCUT2D eigenvalue weighted by Crippen LogP contribution is -2.50. The number of carbonyl (C=O) groups is 1. The van der Waals surface area contributed by atoms with E-state index in [1.165, 1.54) is 5.56 Å². The van der Waals surface area contributed by atoms with Crippen molar-refractivity contribution in [2.24, 2.45) is 0 Å². The molecule has 0 aromatic heterocycles. The monoisotopic (exact) mass is 383 g/mol. The van der Waals surface area contributed by atoms with Crippen LogP contribution >= 0.6 is 0 Å². The number of hydrogen-bond donors (Lipinski definition) is 1. The van der Waals surface area contributed by atoms with E-state index in [0.29, 0.717) is 30.3 Å². The Morgan fingerprint density at radius 1 is 1.07 bits per heavy atom. The molecule has 2 amide bonds. The third-order valence-electron chi connectivity index (χ3n) is 5.17. The van der Waals surface area contributed by atoms with E-state index in [1.807, 2.05) is 35.2 Å². The van der Waals surface area contributed by atoms with Crippen molar-refractivity contribution in [3.05, 3.63) is 48.0 Å². The van der Waals surface area contributed by atoms with Crippen LogP contribution in [0.4, 0.5) is 10.5 Å². The van der Waals surface area contributed by atoms with Gasteiger partial charge < -0.3 is 24.4 Å². The van der Waals surface area contributed by atoms with Crippen LogP contribution in [0.1, 0.15) is 5.56 Å². The molecular weight excluding hydrogens is 358 g/mol. The summed E-state index contributed by atoms with van der Waals surface area (Å²) in [6, 6.07) is 13.5. The summed E-state index contributed by atoms with van der Waals surface area (Å²) in [5.74, 6) is 2.31. The Balaban J connectivity index is 1.25. The van der Waals surface area contributed by atoms with E-state index in [1.54, 1.807) is 13.2 Å². The van der Waals surface area contributed by atoms with Crippen LogP contribution in [-0.2, 0) is 6.42 Å². The molecular formula is C21H25N3O4. The van der Waals surface area contributed by atoms with E-state index in [4.69, 9.17) is 14.2 Å². The molecule has 2 aliphatic heterocycles. The third-order valence-corrected chi connectivity index (χ3v) is 5.17. The molecule has 2 heterocycles. The van der Waals surface area contributed by atoms with E-state index in [2.05, 4.69) is 16.3 Å². The van der Waals surface area contributed by atoms with E-state index in [0.717, 1.165) is 31.8 Å². The number of methoxy groups -OCH3 is 1. The number of anilines is 1. The minimum atomic E-state index is -0.0803. The average Bonchev–Trinajstić information content (AvgIpc) is 3.20. The second kappa shape index (κ2) is 8.39. The quantitative estimate of drug-likeness (QED) is 0.860. The third kappa shape index (κ3) is 4.14. The van der Waals surface area contributed by atoms with Gasteiger partial charge >= 0.3 is 6.03 Å². The molecule has 28 heavy (non-hydrogen) atoms. The molecule has 2 aromatic carbocycles. The summed E-state index contributed by atoms with van der Waals surface area (Å²) < 4.78 is 16.1. The zero-order valence-electron chi connectivity index (χ0n) is 16.0. The average molecular weight is 383 g/mol. The maximum Gasteiger partial charge on any atom is 0.321 e. The Labute approximate surface area is 164 Å². The highest BCUT2D eigenvalue weighted by Gasteiger charge is 2.22. The Bertz CT molecular complexity index is 834. The van der Waals surface area contributed by atoms with Gasteiger partial charge in [-0.2, -0.15) is 0 Å². The van der Waals surface area contributed by atoms with Crippen molar-refractivity contribution < 1.29 is 19.0 Å². The van der Waals surface area contributed by atoms with Gasteiger partial charge in [-0.3, -0.25) is 4.90 Å². The van der Waals surface area contributed by atoms with E-state index < -0.39 is 0 Å². The number of benzene rings is 2. The first-order valence-electron chi connectivity index (χ1n) is 9.53. The van der Waals surface area contributed by atoms with Crippen molar-refractivity contribution in [3.63, 3.8) is 0 Å². The first-order chi connectivity index (χ1) is 13.7. The van der Waals surface area contributed by atoms with Gasteiger partial charge in [-0.25, -0.2) is 4.79 Å². The summed E-state index contributed by atoms with van der Waals surface area (Å²) in [4.78, 5) is 16.8. The smallest absolute Gasteiger partial charge is 0.321 e. The number of piperazine rings is 1. The molecule has 0 atom stereocenters. The van der Waals surface area contributed by atoms with Crippen LogP contribution in [0.2, 0.25) is 0 Å². The first-order valence-corrected chi connectivity index (χ1v) is 9.53. The fourth-order valence-corrected chi connectivity index (χ4v) is 3.54. The largest absolute Gasteiger partial charge is 0.496 e. The van der Waals surface area contributed by atoms with Gasteiger partial charge in [-0.05, 0) is 30.2 Å². The number of amides is 2.